The van der Waals surface area contributed by atoms with E-state index in [0.717, 1.165) is 34.5 Å². The van der Waals surface area contributed by atoms with E-state index in [-0.39, 0.29) is 0 Å². The molecule has 0 N–H and O–H groups in total. The summed E-state index contributed by atoms with van der Waals surface area (Å²) in [5, 5.41) is 0. The van der Waals surface area contributed by atoms with Gasteiger partial charge in [-0.15, -0.1) is 0 Å². The van der Waals surface area contributed by atoms with Gasteiger partial charge in [0.2, 0.25) is 0 Å². The first kappa shape index (κ1) is 22.7. The highest BCUT2D eigenvalue weighted by Crippen LogP contribution is 2.46. The highest BCUT2D eigenvalue weighted by Gasteiger charge is 2.24. The van der Waals surface area contributed by atoms with Crippen LogP contribution in [0.2, 0.25) is 0 Å². The summed E-state index contributed by atoms with van der Waals surface area (Å²) in [5.74, 6) is 0. The first-order chi connectivity index (χ1) is 18.4. The molecule has 0 saturated carbocycles. The third-order valence-electron chi connectivity index (χ3n) is 6.72. The minimum atomic E-state index is 0.750. The van der Waals surface area contributed by atoms with Gasteiger partial charge in [-0.25, -0.2) is 0 Å². The van der Waals surface area contributed by atoms with Crippen LogP contribution >= 0.6 is 0 Å². The minimum absolute atomic E-state index is 0.750. The van der Waals surface area contributed by atoms with E-state index in [1.807, 2.05) is 0 Å². The average Bonchev–Trinajstić information content (AvgIpc) is 2.99. The summed E-state index contributed by atoms with van der Waals surface area (Å²) in [6.07, 6.45) is 0.750. The van der Waals surface area contributed by atoms with Crippen LogP contribution in [0.15, 0.2) is 152 Å². The molecule has 0 saturated heterocycles. The van der Waals surface area contributed by atoms with Crippen LogP contribution in [-0.4, -0.2) is 4.98 Å². The molecule has 176 valence electrons. The molecule has 1 heterocycles. The zero-order valence-electron chi connectivity index (χ0n) is 20.6. The van der Waals surface area contributed by atoms with E-state index in [9.17, 15) is 0 Å². The van der Waals surface area contributed by atoms with Crippen molar-refractivity contribution in [3.8, 4) is 44.6 Å². The predicted molar refractivity (Wildman–Crippen MR) is 155 cm³/mol. The first-order valence-corrected chi connectivity index (χ1v) is 12.7. The third-order valence-corrected chi connectivity index (χ3v) is 6.72. The Balaban J connectivity index is 1.77. The quantitative estimate of drug-likeness (QED) is 0.235. The number of pyridine rings is 1. The van der Waals surface area contributed by atoms with Gasteiger partial charge in [0.1, 0.15) is 0 Å². The number of benzene rings is 5. The normalized spacial score (nSPS) is 10.8. The van der Waals surface area contributed by atoms with Gasteiger partial charge in [-0.2, -0.15) is 0 Å². The van der Waals surface area contributed by atoms with Gasteiger partial charge in [-0.3, -0.25) is 4.98 Å². The van der Waals surface area contributed by atoms with E-state index in [1.54, 1.807) is 0 Å². The maximum absolute atomic E-state index is 5.48. The maximum atomic E-state index is 5.48. The van der Waals surface area contributed by atoms with Gasteiger partial charge in [-0.05, 0) is 22.3 Å². The molecule has 1 aromatic heterocycles. The molecule has 0 unspecified atom stereocenters. The lowest BCUT2D eigenvalue weighted by molar-refractivity contribution is 1.08. The summed E-state index contributed by atoms with van der Waals surface area (Å²) in [6, 6.07) is 53.4. The van der Waals surface area contributed by atoms with Crippen LogP contribution in [0.5, 0.6) is 0 Å². The fourth-order valence-corrected chi connectivity index (χ4v) is 5.05. The summed E-state index contributed by atoms with van der Waals surface area (Å²) in [4.78, 5) is 5.48. The molecule has 1 nitrogen and oxygen atoms in total. The van der Waals surface area contributed by atoms with Crippen LogP contribution in [0.25, 0.3) is 44.6 Å². The van der Waals surface area contributed by atoms with Crippen LogP contribution in [0.4, 0.5) is 0 Å². The zero-order valence-corrected chi connectivity index (χ0v) is 20.6. The molecule has 1 heteroatoms. The Morgan fingerprint density at radius 3 is 1.22 bits per heavy atom. The second-order valence-corrected chi connectivity index (χ2v) is 9.16. The number of aromatic nitrogens is 1. The standard InChI is InChI=1S/C36H27N/c1-6-16-27(17-7-1)26-32-33(28-18-8-2-9-19-28)34(29-20-10-3-11-21-29)35(30-22-12-4-13-23-30)36(37-32)31-24-14-5-15-25-31/h1-25H,26H2. The minimum Gasteiger partial charge on any atom is -0.251 e. The van der Waals surface area contributed by atoms with Crippen molar-refractivity contribution in [3.63, 3.8) is 0 Å². The Morgan fingerprint density at radius 1 is 0.351 bits per heavy atom. The topological polar surface area (TPSA) is 12.9 Å². The monoisotopic (exact) mass is 473 g/mol. The van der Waals surface area contributed by atoms with Crippen LogP contribution < -0.4 is 0 Å². The maximum Gasteiger partial charge on any atom is 0.0790 e. The molecule has 5 aromatic carbocycles. The fraction of sp³-hybridized carbons (Fsp3) is 0.0278. The second-order valence-electron chi connectivity index (χ2n) is 9.16. The van der Waals surface area contributed by atoms with E-state index in [0.29, 0.717) is 0 Å². The highest BCUT2D eigenvalue weighted by molar-refractivity contribution is 6.01. The Hall–Kier alpha value is -4.75. The molecular formula is C36H27N. The summed E-state index contributed by atoms with van der Waals surface area (Å²) < 4.78 is 0. The zero-order chi connectivity index (χ0) is 24.9. The lowest BCUT2D eigenvalue weighted by Gasteiger charge is -2.23. The molecule has 0 spiro atoms. The van der Waals surface area contributed by atoms with Gasteiger partial charge in [0.15, 0.2) is 0 Å². The molecule has 0 fully saturated rings. The molecule has 0 bridgehead atoms. The van der Waals surface area contributed by atoms with Crippen molar-refractivity contribution in [2.75, 3.05) is 0 Å². The van der Waals surface area contributed by atoms with Gasteiger partial charge in [-0.1, -0.05) is 152 Å². The molecule has 6 rings (SSSR count). The SMILES string of the molecule is c1ccc(Cc2nc(-c3ccccc3)c(-c3ccccc3)c(-c3ccccc3)c2-c2ccccc2)cc1. The number of hydrogen-bond acceptors (Lipinski definition) is 1. The lowest BCUT2D eigenvalue weighted by atomic mass is 9.83. The van der Waals surface area contributed by atoms with Gasteiger partial charge >= 0.3 is 0 Å². The van der Waals surface area contributed by atoms with Gasteiger partial charge in [0.05, 0.1) is 11.4 Å². The van der Waals surface area contributed by atoms with Crippen molar-refractivity contribution in [1.29, 1.82) is 0 Å². The molecule has 0 amide bonds. The van der Waals surface area contributed by atoms with Crippen molar-refractivity contribution in [2.24, 2.45) is 0 Å². The molecule has 6 aromatic rings. The Labute approximate surface area is 218 Å². The van der Waals surface area contributed by atoms with E-state index in [4.69, 9.17) is 4.98 Å². The molecule has 0 aliphatic rings. The van der Waals surface area contributed by atoms with Crippen molar-refractivity contribution in [1.82, 2.24) is 4.98 Å². The van der Waals surface area contributed by atoms with Crippen LogP contribution in [0, 0.1) is 0 Å². The summed E-state index contributed by atoms with van der Waals surface area (Å²) in [7, 11) is 0. The molecule has 0 radical (unpaired) electrons. The molecule has 0 aliphatic heterocycles. The van der Waals surface area contributed by atoms with Crippen molar-refractivity contribution in [3.05, 3.63) is 163 Å². The van der Waals surface area contributed by atoms with Crippen LogP contribution in [0.1, 0.15) is 11.3 Å². The smallest absolute Gasteiger partial charge is 0.0790 e. The largest absolute Gasteiger partial charge is 0.251 e. The number of hydrogen-bond donors (Lipinski definition) is 0. The van der Waals surface area contributed by atoms with Crippen molar-refractivity contribution >= 4 is 0 Å². The van der Waals surface area contributed by atoms with E-state index in [1.165, 1.54) is 27.8 Å². The Kier molecular flexibility index (Phi) is 6.43. The molecule has 0 aliphatic carbocycles. The number of nitrogens with zero attached hydrogens (tertiary/aromatic N) is 1. The first-order valence-electron chi connectivity index (χ1n) is 12.7. The third kappa shape index (κ3) is 4.72. The fourth-order valence-electron chi connectivity index (χ4n) is 5.05. The van der Waals surface area contributed by atoms with E-state index >= 15 is 0 Å². The van der Waals surface area contributed by atoms with Crippen molar-refractivity contribution in [2.45, 2.75) is 6.42 Å². The number of rotatable bonds is 6. The van der Waals surface area contributed by atoms with Crippen molar-refractivity contribution < 1.29 is 0 Å². The van der Waals surface area contributed by atoms with E-state index in [2.05, 4.69) is 152 Å². The summed E-state index contributed by atoms with van der Waals surface area (Å²) >= 11 is 0. The molecule has 0 atom stereocenters. The Morgan fingerprint density at radius 2 is 0.730 bits per heavy atom. The lowest BCUT2D eigenvalue weighted by Crippen LogP contribution is -2.04. The van der Waals surface area contributed by atoms with Crippen LogP contribution in [-0.2, 0) is 6.42 Å². The Bertz CT molecular complexity index is 1590. The van der Waals surface area contributed by atoms with Gasteiger partial charge < -0.3 is 0 Å². The van der Waals surface area contributed by atoms with E-state index < -0.39 is 0 Å². The van der Waals surface area contributed by atoms with Gasteiger partial charge in [0.25, 0.3) is 0 Å². The molecular weight excluding hydrogens is 446 g/mol. The second kappa shape index (κ2) is 10.5. The summed E-state index contributed by atoms with van der Waals surface area (Å²) in [5.41, 5.74) is 11.6. The average molecular weight is 474 g/mol. The van der Waals surface area contributed by atoms with Crippen LogP contribution in [0.3, 0.4) is 0 Å². The summed E-state index contributed by atoms with van der Waals surface area (Å²) in [6.45, 7) is 0. The highest BCUT2D eigenvalue weighted by atomic mass is 14.7. The van der Waals surface area contributed by atoms with Gasteiger partial charge in [0, 0.05) is 28.7 Å². The molecule has 37 heavy (non-hydrogen) atoms. The predicted octanol–water partition coefficient (Wildman–Crippen LogP) is 9.34.